The lowest BCUT2D eigenvalue weighted by Crippen LogP contribution is -2.63. The highest BCUT2D eigenvalue weighted by molar-refractivity contribution is 5.93. The maximum Gasteiger partial charge on any atom is 0.321 e. The standard InChI is InChI=1S/C10H13N3O4/c1-2-10(15)5-12(6-10)9(14)7-3-4-8(11-7)13(16)17/h3-4,11,15H,2,5-6H2,1H3. The third kappa shape index (κ3) is 2.01. The smallest absolute Gasteiger partial charge is 0.321 e. The van der Waals surface area contributed by atoms with Crippen molar-refractivity contribution in [2.45, 2.75) is 18.9 Å². The molecule has 2 rings (SSSR count). The van der Waals surface area contributed by atoms with Crippen molar-refractivity contribution in [1.29, 1.82) is 0 Å². The molecule has 1 aromatic heterocycles. The van der Waals surface area contributed by atoms with Gasteiger partial charge in [-0.3, -0.25) is 4.79 Å². The molecule has 0 unspecified atom stereocenters. The van der Waals surface area contributed by atoms with Crippen molar-refractivity contribution in [3.63, 3.8) is 0 Å². The number of nitro groups is 1. The van der Waals surface area contributed by atoms with Crippen LogP contribution in [0.25, 0.3) is 0 Å². The summed E-state index contributed by atoms with van der Waals surface area (Å²) < 4.78 is 0. The molecule has 2 heterocycles. The number of H-pyrrole nitrogens is 1. The summed E-state index contributed by atoms with van der Waals surface area (Å²) in [6.07, 6.45) is 0.585. The quantitative estimate of drug-likeness (QED) is 0.593. The number of rotatable bonds is 3. The average molecular weight is 239 g/mol. The van der Waals surface area contributed by atoms with E-state index in [1.807, 2.05) is 6.92 Å². The second-order valence-electron chi connectivity index (χ2n) is 4.25. The molecular formula is C10H13N3O4. The monoisotopic (exact) mass is 239 g/mol. The fourth-order valence-corrected chi connectivity index (χ4v) is 1.82. The molecule has 0 radical (unpaired) electrons. The summed E-state index contributed by atoms with van der Waals surface area (Å²) in [4.78, 5) is 25.6. The van der Waals surface area contributed by atoms with Gasteiger partial charge in [-0.15, -0.1) is 0 Å². The zero-order chi connectivity index (χ0) is 12.6. The van der Waals surface area contributed by atoms with Crippen molar-refractivity contribution in [2.75, 3.05) is 13.1 Å². The number of carbonyl (C=O) groups excluding carboxylic acids is 1. The molecule has 1 amide bonds. The van der Waals surface area contributed by atoms with Crippen molar-refractivity contribution in [3.05, 3.63) is 27.9 Å². The highest BCUT2D eigenvalue weighted by Gasteiger charge is 2.43. The molecule has 17 heavy (non-hydrogen) atoms. The molecule has 1 aliphatic heterocycles. The second kappa shape index (κ2) is 3.85. The van der Waals surface area contributed by atoms with Gasteiger partial charge in [0.15, 0.2) is 5.69 Å². The van der Waals surface area contributed by atoms with Gasteiger partial charge in [-0.1, -0.05) is 6.92 Å². The van der Waals surface area contributed by atoms with Gasteiger partial charge >= 0.3 is 5.82 Å². The van der Waals surface area contributed by atoms with Gasteiger partial charge in [0.05, 0.1) is 18.7 Å². The van der Waals surface area contributed by atoms with Gasteiger partial charge < -0.3 is 20.1 Å². The summed E-state index contributed by atoms with van der Waals surface area (Å²) in [5.74, 6) is -0.532. The Hall–Kier alpha value is -1.89. The summed E-state index contributed by atoms with van der Waals surface area (Å²) in [5.41, 5.74) is -0.622. The van der Waals surface area contributed by atoms with Crippen LogP contribution in [0.4, 0.5) is 5.82 Å². The minimum atomic E-state index is -0.797. The van der Waals surface area contributed by atoms with E-state index in [1.54, 1.807) is 0 Å². The van der Waals surface area contributed by atoms with Gasteiger partial charge in [0.1, 0.15) is 0 Å². The van der Waals surface area contributed by atoms with E-state index in [0.29, 0.717) is 6.42 Å². The van der Waals surface area contributed by atoms with Crippen LogP contribution in [-0.4, -0.2) is 44.5 Å². The first-order valence-corrected chi connectivity index (χ1v) is 5.30. The van der Waals surface area contributed by atoms with Crippen molar-refractivity contribution in [1.82, 2.24) is 9.88 Å². The van der Waals surface area contributed by atoms with Crippen LogP contribution in [0.3, 0.4) is 0 Å². The van der Waals surface area contributed by atoms with Crippen LogP contribution in [-0.2, 0) is 0 Å². The number of aromatic nitrogens is 1. The molecule has 0 spiro atoms. The molecule has 0 bridgehead atoms. The third-order valence-corrected chi connectivity index (χ3v) is 3.01. The normalized spacial score (nSPS) is 17.6. The number of aromatic amines is 1. The number of nitrogens with one attached hydrogen (secondary N) is 1. The topological polar surface area (TPSA) is 99.5 Å². The molecule has 1 aliphatic rings. The predicted molar refractivity (Wildman–Crippen MR) is 58.6 cm³/mol. The zero-order valence-corrected chi connectivity index (χ0v) is 9.34. The van der Waals surface area contributed by atoms with Crippen LogP contribution in [0.2, 0.25) is 0 Å². The number of hydrogen-bond acceptors (Lipinski definition) is 4. The van der Waals surface area contributed by atoms with Crippen LogP contribution in [0, 0.1) is 10.1 Å². The van der Waals surface area contributed by atoms with Crippen LogP contribution < -0.4 is 0 Å². The molecule has 0 aromatic carbocycles. The molecule has 0 aliphatic carbocycles. The Morgan fingerprint density at radius 1 is 1.65 bits per heavy atom. The molecular weight excluding hydrogens is 226 g/mol. The molecule has 1 saturated heterocycles. The Labute approximate surface area is 97.2 Å². The average Bonchev–Trinajstić information content (AvgIpc) is 2.73. The van der Waals surface area contributed by atoms with Crippen molar-refractivity contribution in [3.8, 4) is 0 Å². The lowest BCUT2D eigenvalue weighted by atomic mass is 9.91. The number of likely N-dealkylation sites (tertiary alicyclic amines) is 1. The summed E-state index contributed by atoms with van der Waals surface area (Å²) in [7, 11) is 0. The first-order valence-electron chi connectivity index (χ1n) is 5.30. The third-order valence-electron chi connectivity index (χ3n) is 3.01. The van der Waals surface area contributed by atoms with Crippen molar-refractivity contribution >= 4 is 11.7 Å². The molecule has 92 valence electrons. The first-order chi connectivity index (χ1) is 7.95. The summed E-state index contributed by atoms with van der Waals surface area (Å²) in [5, 5.41) is 20.2. The van der Waals surface area contributed by atoms with E-state index < -0.39 is 10.5 Å². The number of carbonyl (C=O) groups is 1. The van der Waals surface area contributed by atoms with E-state index in [-0.39, 0.29) is 30.5 Å². The highest BCUT2D eigenvalue weighted by Crippen LogP contribution is 2.25. The van der Waals surface area contributed by atoms with E-state index in [4.69, 9.17) is 0 Å². The molecule has 1 aromatic rings. The fourth-order valence-electron chi connectivity index (χ4n) is 1.82. The van der Waals surface area contributed by atoms with Crippen LogP contribution in [0.5, 0.6) is 0 Å². The van der Waals surface area contributed by atoms with Crippen LogP contribution >= 0.6 is 0 Å². The number of aliphatic hydroxyl groups is 1. The maximum atomic E-state index is 11.8. The van der Waals surface area contributed by atoms with Crippen molar-refractivity contribution in [2.24, 2.45) is 0 Å². The fraction of sp³-hybridized carbons (Fsp3) is 0.500. The number of hydrogen-bond donors (Lipinski definition) is 2. The largest absolute Gasteiger partial charge is 0.386 e. The molecule has 7 heteroatoms. The molecule has 2 N–H and O–H groups in total. The number of β-amino-alcohol motifs (C(OH)–C–C–N with tert-alkyl or cyclic N) is 1. The SMILES string of the molecule is CCC1(O)CN(C(=O)c2ccc([N+](=O)[O-])[nH]2)C1. The molecule has 0 atom stereocenters. The van der Waals surface area contributed by atoms with Gasteiger partial charge in [-0.2, -0.15) is 0 Å². The minimum Gasteiger partial charge on any atom is -0.386 e. The number of amides is 1. The van der Waals surface area contributed by atoms with Gasteiger partial charge in [-0.05, 0) is 17.4 Å². The Morgan fingerprint density at radius 3 is 2.76 bits per heavy atom. The molecule has 1 fully saturated rings. The second-order valence-corrected chi connectivity index (χ2v) is 4.25. The van der Waals surface area contributed by atoms with E-state index in [1.165, 1.54) is 17.0 Å². The van der Waals surface area contributed by atoms with E-state index in [0.717, 1.165) is 0 Å². The van der Waals surface area contributed by atoms with Crippen molar-refractivity contribution < 1.29 is 14.8 Å². The van der Waals surface area contributed by atoms with Gasteiger partial charge in [0.25, 0.3) is 5.91 Å². The maximum absolute atomic E-state index is 11.8. The first kappa shape index (κ1) is 11.6. The van der Waals surface area contributed by atoms with E-state index >= 15 is 0 Å². The zero-order valence-electron chi connectivity index (χ0n) is 9.34. The Balaban J connectivity index is 2.04. The Morgan fingerprint density at radius 2 is 2.29 bits per heavy atom. The summed E-state index contributed by atoms with van der Waals surface area (Å²) >= 11 is 0. The Kier molecular flexibility index (Phi) is 2.62. The molecule has 7 nitrogen and oxygen atoms in total. The lowest BCUT2D eigenvalue weighted by molar-refractivity contribution is -0.389. The van der Waals surface area contributed by atoms with Crippen LogP contribution in [0.15, 0.2) is 12.1 Å². The number of nitrogens with zero attached hydrogens (tertiary/aromatic N) is 2. The Bertz CT molecular complexity index is 462. The highest BCUT2D eigenvalue weighted by atomic mass is 16.6. The van der Waals surface area contributed by atoms with Gasteiger partial charge in [0.2, 0.25) is 0 Å². The predicted octanol–water partition coefficient (Wildman–Crippen LogP) is 0.520. The lowest BCUT2D eigenvalue weighted by Gasteiger charge is -2.45. The molecule has 0 saturated carbocycles. The minimum absolute atomic E-state index is 0.176. The summed E-state index contributed by atoms with van der Waals surface area (Å²) in [6.45, 7) is 2.39. The van der Waals surface area contributed by atoms with Crippen LogP contribution in [0.1, 0.15) is 23.8 Å². The van der Waals surface area contributed by atoms with Gasteiger partial charge in [-0.25, -0.2) is 4.98 Å². The van der Waals surface area contributed by atoms with E-state index in [2.05, 4.69) is 4.98 Å². The summed E-state index contributed by atoms with van der Waals surface area (Å²) in [6, 6.07) is 2.63. The van der Waals surface area contributed by atoms with E-state index in [9.17, 15) is 20.0 Å². The van der Waals surface area contributed by atoms with Gasteiger partial charge in [0, 0.05) is 6.07 Å².